The molecule has 0 fully saturated rings. The molecule has 0 unspecified atom stereocenters. The summed E-state index contributed by atoms with van der Waals surface area (Å²) in [6.45, 7) is -0.412. The summed E-state index contributed by atoms with van der Waals surface area (Å²) >= 11 is 1.80. The SMILES string of the molecule is CN(CC(=O)O)c1nc(C(F)(F)F)ccc1I. The van der Waals surface area contributed by atoms with Crippen molar-refractivity contribution >= 4 is 34.4 Å². The second kappa shape index (κ2) is 5.07. The molecule has 0 atom stereocenters. The molecule has 1 rings (SSSR count). The number of aromatic nitrogens is 1. The van der Waals surface area contributed by atoms with Crippen molar-refractivity contribution in [1.29, 1.82) is 0 Å². The molecule has 1 N–H and O–H groups in total. The van der Waals surface area contributed by atoms with E-state index in [0.717, 1.165) is 11.0 Å². The van der Waals surface area contributed by atoms with E-state index in [4.69, 9.17) is 5.11 Å². The van der Waals surface area contributed by atoms with E-state index in [2.05, 4.69) is 4.98 Å². The number of alkyl halides is 3. The summed E-state index contributed by atoms with van der Waals surface area (Å²) in [5.74, 6) is -1.13. The third-order valence-corrected chi connectivity index (χ3v) is 2.69. The molecule has 0 amide bonds. The number of carboxylic acid groups (broad SMARTS) is 1. The van der Waals surface area contributed by atoms with Crippen molar-refractivity contribution in [2.45, 2.75) is 6.18 Å². The number of anilines is 1. The second-order valence-corrected chi connectivity index (χ2v) is 4.41. The van der Waals surface area contributed by atoms with Crippen LogP contribution in [0.3, 0.4) is 0 Å². The van der Waals surface area contributed by atoms with Crippen molar-refractivity contribution < 1.29 is 23.1 Å². The Morgan fingerprint density at radius 2 is 2.12 bits per heavy atom. The van der Waals surface area contributed by atoms with E-state index in [1.54, 1.807) is 22.6 Å². The van der Waals surface area contributed by atoms with Crippen LogP contribution in [0.5, 0.6) is 0 Å². The van der Waals surface area contributed by atoms with E-state index in [1.807, 2.05) is 0 Å². The number of hydrogen-bond donors (Lipinski definition) is 1. The zero-order valence-corrected chi connectivity index (χ0v) is 10.8. The average molecular weight is 360 g/mol. The Balaban J connectivity index is 3.10. The van der Waals surface area contributed by atoms with Crippen LogP contribution in [-0.2, 0) is 11.0 Å². The maximum Gasteiger partial charge on any atom is 0.433 e. The largest absolute Gasteiger partial charge is 0.480 e. The maximum atomic E-state index is 12.4. The van der Waals surface area contributed by atoms with Crippen molar-refractivity contribution in [1.82, 2.24) is 4.98 Å². The van der Waals surface area contributed by atoms with Gasteiger partial charge in [-0.2, -0.15) is 13.2 Å². The molecule has 0 spiro atoms. The monoisotopic (exact) mass is 360 g/mol. The van der Waals surface area contributed by atoms with Gasteiger partial charge in [0.15, 0.2) is 0 Å². The molecule has 17 heavy (non-hydrogen) atoms. The minimum atomic E-state index is -4.54. The first-order valence-electron chi connectivity index (χ1n) is 4.38. The second-order valence-electron chi connectivity index (χ2n) is 3.25. The molecular weight excluding hydrogens is 352 g/mol. The lowest BCUT2D eigenvalue weighted by molar-refractivity contribution is -0.141. The summed E-state index contributed by atoms with van der Waals surface area (Å²) < 4.78 is 37.7. The lowest BCUT2D eigenvalue weighted by atomic mass is 10.3. The molecule has 0 aliphatic rings. The van der Waals surface area contributed by atoms with Crippen LogP contribution < -0.4 is 4.90 Å². The molecule has 1 heterocycles. The van der Waals surface area contributed by atoms with Crippen LogP contribution in [0.15, 0.2) is 12.1 Å². The zero-order chi connectivity index (χ0) is 13.2. The van der Waals surface area contributed by atoms with Crippen LogP contribution in [0.1, 0.15) is 5.69 Å². The summed E-state index contributed by atoms with van der Waals surface area (Å²) in [4.78, 5) is 15.1. The Hall–Kier alpha value is -1.06. The highest BCUT2D eigenvalue weighted by Crippen LogP contribution is 2.30. The summed E-state index contributed by atoms with van der Waals surface area (Å²) in [5.41, 5.74) is -1.04. The Kier molecular flexibility index (Phi) is 4.17. The molecule has 0 radical (unpaired) electrons. The number of aliphatic carboxylic acids is 1. The number of carbonyl (C=O) groups is 1. The molecule has 0 saturated heterocycles. The molecule has 0 aliphatic heterocycles. The highest BCUT2D eigenvalue weighted by Gasteiger charge is 2.33. The summed E-state index contributed by atoms with van der Waals surface area (Å²) in [6.07, 6.45) is -4.54. The molecule has 0 aromatic carbocycles. The minimum Gasteiger partial charge on any atom is -0.480 e. The first kappa shape index (κ1) is 14.0. The molecule has 1 aromatic heterocycles. The fourth-order valence-corrected chi connectivity index (χ4v) is 1.85. The van der Waals surface area contributed by atoms with E-state index in [-0.39, 0.29) is 5.82 Å². The van der Waals surface area contributed by atoms with Crippen molar-refractivity contribution in [3.8, 4) is 0 Å². The van der Waals surface area contributed by atoms with Gasteiger partial charge < -0.3 is 10.0 Å². The number of likely N-dealkylation sites (N-methyl/N-ethyl adjacent to an activating group) is 1. The quantitative estimate of drug-likeness (QED) is 0.841. The van der Waals surface area contributed by atoms with Gasteiger partial charge in [-0.25, -0.2) is 4.98 Å². The van der Waals surface area contributed by atoms with E-state index in [1.165, 1.54) is 13.1 Å². The first-order chi connectivity index (χ1) is 7.71. The predicted molar refractivity (Wildman–Crippen MR) is 62.9 cm³/mol. The third-order valence-electron chi connectivity index (χ3n) is 1.85. The Morgan fingerprint density at radius 3 is 2.59 bits per heavy atom. The molecule has 94 valence electrons. The van der Waals surface area contributed by atoms with Gasteiger partial charge in [0.05, 0.1) is 3.57 Å². The number of halogens is 4. The van der Waals surface area contributed by atoms with Crippen molar-refractivity contribution in [2.24, 2.45) is 0 Å². The number of nitrogens with zero attached hydrogens (tertiary/aromatic N) is 2. The fraction of sp³-hybridized carbons (Fsp3) is 0.333. The van der Waals surface area contributed by atoms with E-state index < -0.39 is 24.4 Å². The zero-order valence-electron chi connectivity index (χ0n) is 8.62. The number of carboxylic acids is 1. The van der Waals surface area contributed by atoms with Crippen molar-refractivity contribution in [3.63, 3.8) is 0 Å². The topological polar surface area (TPSA) is 53.4 Å². The highest BCUT2D eigenvalue weighted by molar-refractivity contribution is 14.1. The van der Waals surface area contributed by atoms with Gasteiger partial charge in [-0.15, -0.1) is 0 Å². The first-order valence-corrected chi connectivity index (χ1v) is 5.46. The highest BCUT2D eigenvalue weighted by atomic mass is 127. The van der Waals surface area contributed by atoms with E-state index >= 15 is 0 Å². The smallest absolute Gasteiger partial charge is 0.433 e. The van der Waals surface area contributed by atoms with Crippen LogP contribution in [-0.4, -0.2) is 29.7 Å². The lowest BCUT2D eigenvalue weighted by Crippen LogP contribution is -2.27. The van der Waals surface area contributed by atoms with Crippen LogP contribution in [0, 0.1) is 3.57 Å². The summed E-state index contributed by atoms with van der Waals surface area (Å²) in [7, 11) is 1.37. The minimum absolute atomic E-state index is 0.00262. The third kappa shape index (κ3) is 3.72. The fourth-order valence-electron chi connectivity index (χ4n) is 1.13. The molecule has 8 heteroatoms. The normalized spacial score (nSPS) is 11.4. The Bertz CT molecular complexity index is 437. The van der Waals surface area contributed by atoms with Crippen molar-refractivity contribution in [2.75, 3.05) is 18.5 Å². The maximum absolute atomic E-state index is 12.4. The Morgan fingerprint density at radius 1 is 1.53 bits per heavy atom. The molecule has 0 aliphatic carbocycles. The van der Waals surface area contributed by atoms with Gasteiger partial charge >= 0.3 is 12.1 Å². The van der Waals surface area contributed by atoms with Gasteiger partial charge in [-0.3, -0.25) is 4.79 Å². The van der Waals surface area contributed by atoms with Crippen LogP contribution in [0.2, 0.25) is 0 Å². The number of pyridine rings is 1. The van der Waals surface area contributed by atoms with Gasteiger partial charge in [0.1, 0.15) is 18.1 Å². The number of rotatable bonds is 3. The van der Waals surface area contributed by atoms with E-state index in [9.17, 15) is 18.0 Å². The Labute approximate surface area is 109 Å². The standard InChI is InChI=1S/C9H8F3IN2O2/c1-15(4-7(16)17)8-5(13)2-3-6(14-8)9(10,11)12/h2-3H,4H2,1H3,(H,16,17). The summed E-state index contributed by atoms with van der Waals surface area (Å²) in [5, 5.41) is 8.57. The van der Waals surface area contributed by atoms with Gasteiger partial charge in [0, 0.05) is 7.05 Å². The number of hydrogen-bond acceptors (Lipinski definition) is 3. The van der Waals surface area contributed by atoms with Crippen LogP contribution in [0.4, 0.5) is 19.0 Å². The van der Waals surface area contributed by atoms with Gasteiger partial charge in [-0.1, -0.05) is 0 Å². The lowest BCUT2D eigenvalue weighted by Gasteiger charge is -2.18. The molecule has 1 aromatic rings. The molecular formula is C9H8F3IN2O2. The summed E-state index contributed by atoms with van der Waals surface area (Å²) in [6, 6.07) is 2.12. The van der Waals surface area contributed by atoms with Crippen molar-refractivity contribution in [3.05, 3.63) is 21.4 Å². The predicted octanol–water partition coefficient (Wildman–Crippen LogP) is 2.23. The van der Waals surface area contributed by atoms with Crippen LogP contribution >= 0.6 is 22.6 Å². The molecule has 4 nitrogen and oxygen atoms in total. The van der Waals surface area contributed by atoms with Gasteiger partial charge in [0.25, 0.3) is 0 Å². The molecule has 0 saturated carbocycles. The van der Waals surface area contributed by atoms with Gasteiger partial charge in [-0.05, 0) is 34.7 Å². The van der Waals surface area contributed by atoms with Gasteiger partial charge in [0.2, 0.25) is 0 Å². The van der Waals surface area contributed by atoms with Crippen LogP contribution in [0.25, 0.3) is 0 Å². The molecule has 0 bridgehead atoms. The average Bonchev–Trinajstić information content (AvgIpc) is 2.15. The van der Waals surface area contributed by atoms with E-state index in [0.29, 0.717) is 3.57 Å².